The fourth-order valence-electron chi connectivity index (χ4n) is 3.11. The van der Waals surface area contributed by atoms with E-state index >= 15 is 0 Å². The average molecular weight is 330 g/mol. The Hall–Kier alpha value is -2.54. The molecule has 1 nitrogen and oxygen atoms in total. The SMILES string of the molecule is CCCCCCOc1ccccc1-c1ccccc1-c1ccccc1. The summed E-state index contributed by atoms with van der Waals surface area (Å²) in [6.45, 7) is 3.02. The Balaban J connectivity index is 1.88. The molecule has 0 saturated heterocycles. The summed E-state index contributed by atoms with van der Waals surface area (Å²) >= 11 is 0. The van der Waals surface area contributed by atoms with Gasteiger partial charge in [-0.3, -0.25) is 0 Å². The first-order valence-corrected chi connectivity index (χ1v) is 9.27. The summed E-state index contributed by atoms with van der Waals surface area (Å²) in [7, 11) is 0. The van der Waals surface area contributed by atoms with E-state index in [9.17, 15) is 0 Å². The van der Waals surface area contributed by atoms with Crippen molar-refractivity contribution in [3.63, 3.8) is 0 Å². The lowest BCUT2D eigenvalue weighted by atomic mass is 9.94. The van der Waals surface area contributed by atoms with Crippen LogP contribution in [0, 0.1) is 0 Å². The minimum atomic E-state index is 0.782. The van der Waals surface area contributed by atoms with Crippen LogP contribution in [0.15, 0.2) is 78.9 Å². The number of hydrogen-bond acceptors (Lipinski definition) is 1. The van der Waals surface area contributed by atoms with E-state index in [-0.39, 0.29) is 0 Å². The lowest BCUT2D eigenvalue weighted by Gasteiger charge is -2.15. The van der Waals surface area contributed by atoms with Gasteiger partial charge in [0.25, 0.3) is 0 Å². The lowest BCUT2D eigenvalue weighted by Crippen LogP contribution is -1.99. The monoisotopic (exact) mass is 330 g/mol. The van der Waals surface area contributed by atoms with Crippen LogP contribution in [0.4, 0.5) is 0 Å². The molecule has 0 radical (unpaired) electrons. The molecule has 0 aromatic heterocycles. The van der Waals surface area contributed by atoms with E-state index in [0.29, 0.717) is 0 Å². The third-order valence-electron chi connectivity index (χ3n) is 4.44. The molecule has 0 N–H and O–H groups in total. The second-order valence-corrected chi connectivity index (χ2v) is 6.32. The summed E-state index contributed by atoms with van der Waals surface area (Å²) in [6.07, 6.45) is 4.88. The molecule has 0 amide bonds. The van der Waals surface area contributed by atoms with Crippen LogP contribution in [0.2, 0.25) is 0 Å². The van der Waals surface area contributed by atoms with Crippen molar-refractivity contribution in [1.29, 1.82) is 0 Å². The van der Waals surface area contributed by atoms with Gasteiger partial charge in [-0.15, -0.1) is 0 Å². The highest BCUT2D eigenvalue weighted by Gasteiger charge is 2.11. The van der Waals surface area contributed by atoms with Gasteiger partial charge in [-0.2, -0.15) is 0 Å². The summed E-state index contributed by atoms with van der Waals surface area (Å²) in [5, 5.41) is 0. The maximum Gasteiger partial charge on any atom is 0.127 e. The van der Waals surface area contributed by atoms with Crippen molar-refractivity contribution in [2.45, 2.75) is 32.6 Å². The Morgan fingerprint density at radius 2 is 1.24 bits per heavy atom. The highest BCUT2D eigenvalue weighted by Crippen LogP contribution is 2.37. The molecule has 0 aliphatic heterocycles. The van der Waals surface area contributed by atoms with Crippen molar-refractivity contribution in [3.05, 3.63) is 78.9 Å². The Morgan fingerprint density at radius 1 is 0.600 bits per heavy atom. The van der Waals surface area contributed by atoms with Crippen LogP contribution < -0.4 is 4.74 Å². The molecule has 0 bridgehead atoms. The largest absolute Gasteiger partial charge is 0.493 e. The van der Waals surface area contributed by atoms with Crippen LogP contribution in [-0.2, 0) is 0 Å². The van der Waals surface area contributed by atoms with E-state index in [1.807, 2.05) is 0 Å². The van der Waals surface area contributed by atoms with Gasteiger partial charge < -0.3 is 4.74 Å². The van der Waals surface area contributed by atoms with Gasteiger partial charge >= 0.3 is 0 Å². The lowest BCUT2D eigenvalue weighted by molar-refractivity contribution is 0.306. The van der Waals surface area contributed by atoms with E-state index in [2.05, 4.69) is 85.8 Å². The number of ether oxygens (including phenoxy) is 1. The van der Waals surface area contributed by atoms with Crippen molar-refractivity contribution in [1.82, 2.24) is 0 Å². The number of hydrogen-bond donors (Lipinski definition) is 0. The van der Waals surface area contributed by atoms with Gasteiger partial charge in [-0.1, -0.05) is 99.0 Å². The molecule has 0 spiro atoms. The minimum Gasteiger partial charge on any atom is -0.493 e. The number of para-hydroxylation sites is 1. The second kappa shape index (κ2) is 9.08. The molecule has 3 rings (SSSR count). The molecule has 128 valence electrons. The summed E-state index contributed by atoms with van der Waals surface area (Å²) in [4.78, 5) is 0. The van der Waals surface area contributed by atoms with Crippen LogP contribution in [0.3, 0.4) is 0 Å². The zero-order valence-corrected chi connectivity index (χ0v) is 14.9. The summed E-state index contributed by atoms with van der Waals surface area (Å²) < 4.78 is 6.13. The molecule has 3 aromatic carbocycles. The van der Waals surface area contributed by atoms with Crippen LogP contribution in [0.25, 0.3) is 22.3 Å². The first kappa shape index (κ1) is 17.3. The van der Waals surface area contributed by atoms with Crippen LogP contribution in [-0.4, -0.2) is 6.61 Å². The Bertz CT molecular complexity index is 777. The smallest absolute Gasteiger partial charge is 0.127 e. The average Bonchev–Trinajstić information content (AvgIpc) is 2.69. The van der Waals surface area contributed by atoms with Crippen molar-refractivity contribution < 1.29 is 4.74 Å². The van der Waals surface area contributed by atoms with E-state index in [4.69, 9.17) is 4.74 Å². The third-order valence-corrected chi connectivity index (χ3v) is 4.44. The zero-order valence-electron chi connectivity index (χ0n) is 14.9. The number of benzene rings is 3. The molecule has 0 unspecified atom stereocenters. The molecule has 0 atom stereocenters. The molecule has 1 heteroatoms. The fraction of sp³-hybridized carbons (Fsp3) is 0.250. The normalized spacial score (nSPS) is 10.6. The predicted molar refractivity (Wildman–Crippen MR) is 107 cm³/mol. The van der Waals surface area contributed by atoms with Gasteiger partial charge in [0, 0.05) is 5.56 Å². The molecular weight excluding hydrogens is 304 g/mol. The first-order chi connectivity index (χ1) is 12.4. The summed E-state index contributed by atoms with van der Waals surface area (Å²) in [5.74, 6) is 0.974. The topological polar surface area (TPSA) is 9.23 Å². The number of unbranched alkanes of at least 4 members (excludes halogenated alkanes) is 3. The molecule has 0 heterocycles. The van der Waals surface area contributed by atoms with E-state index in [0.717, 1.165) is 24.3 Å². The summed E-state index contributed by atoms with van der Waals surface area (Å²) in [5.41, 5.74) is 4.86. The van der Waals surface area contributed by atoms with Gasteiger partial charge in [0.15, 0.2) is 0 Å². The molecule has 0 aliphatic carbocycles. The van der Waals surface area contributed by atoms with Crippen LogP contribution in [0.5, 0.6) is 5.75 Å². The maximum atomic E-state index is 6.13. The van der Waals surface area contributed by atoms with Crippen LogP contribution in [0.1, 0.15) is 32.6 Å². The van der Waals surface area contributed by atoms with Gasteiger partial charge in [-0.05, 0) is 29.2 Å². The third kappa shape index (κ3) is 4.51. The standard InChI is InChI=1S/C24H26O/c1-2-3-4-12-19-25-24-18-11-10-17-23(24)22-16-9-8-15-21(22)20-13-6-5-7-14-20/h5-11,13-18H,2-4,12,19H2,1H3. The van der Waals surface area contributed by atoms with Gasteiger partial charge in [-0.25, -0.2) is 0 Å². The van der Waals surface area contributed by atoms with Crippen molar-refractivity contribution in [2.24, 2.45) is 0 Å². The van der Waals surface area contributed by atoms with E-state index in [1.165, 1.54) is 36.0 Å². The molecular formula is C24H26O. The fourth-order valence-corrected chi connectivity index (χ4v) is 3.11. The quantitative estimate of drug-likeness (QED) is 0.405. The maximum absolute atomic E-state index is 6.13. The van der Waals surface area contributed by atoms with Gasteiger partial charge in [0.05, 0.1) is 6.61 Å². The molecule has 25 heavy (non-hydrogen) atoms. The predicted octanol–water partition coefficient (Wildman–Crippen LogP) is 6.98. The van der Waals surface area contributed by atoms with Crippen molar-refractivity contribution in [2.75, 3.05) is 6.61 Å². The van der Waals surface area contributed by atoms with E-state index < -0.39 is 0 Å². The Morgan fingerprint density at radius 3 is 2.00 bits per heavy atom. The highest BCUT2D eigenvalue weighted by molar-refractivity contribution is 5.85. The van der Waals surface area contributed by atoms with Gasteiger partial charge in [0.1, 0.15) is 5.75 Å². The summed E-state index contributed by atoms with van der Waals surface area (Å²) in [6, 6.07) is 27.5. The zero-order chi connectivity index (χ0) is 17.3. The minimum absolute atomic E-state index is 0.782. The number of rotatable bonds is 8. The Kier molecular flexibility index (Phi) is 6.28. The molecule has 3 aromatic rings. The molecule has 0 fully saturated rings. The molecule has 0 saturated carbocycles. The second-order valence-electron chi connectivity index (χ2n) is 6.32. The van der Waals surface area contributed by atoms with Gasteiger partial charge in [0.2, 0.25) is 0 Å². The first-order valence-electron chi connectivity index (χ1n) is 9.27. The Labute approximate surface area is 151 Å². The van der Waals surface area contributed by atoms with Crippen molar-refractivity contribution in [3.8, 4) is 28.0 Å². The van der Waals surface area contributed by atoms with Crippen molar-refractivity contribution >= 4 is 0 Å². The highest BCUT2D eigenvalue weighted by atomic mass is 16.5. The van der Waals surface area contributed by atoms with E-state index in [1.54, 1.807) is 0 Å². The molecule has 0 aliphatic rings. The van der Waals surface area contributed by atoms with Crippen LogP contribution >= 0.6 is 0 Å².